The highest BCUT2D eigenvalue weighted by atomic mass is 16.4. The number of nitrogens with zero attached hydrogens (tertiary/aromatic N) is 1. The van der Waals surface area contributed by atoms with Gasteiger partial charge in [-0.15, -0.1) is 0 Å². The normalized spacial score (nSPS) is 16.7. The standard InChI is InChI=1S/C15H17N3O4/c19-12(17-15(13(20)21)7-3-4-8-15)9-18-11-6-2-1-5-10(11)16-14(18)22/h1-2,5-6H,3-4,7-9H2,(H,16,22)(H,17,19)(H,20,21). The summed E-state index contributed by atoms with van der Waals surface area (Å²) in [5.41, 5.74) is -0.299. The zero-order valence-corrected chi connectivity index (χ0v) is 12.0. The van der Waals surface area contributed by atoms with Gasteiger partial charge in [-0.25, -0.2) is 9.59 Å². The average Bonchev–Trinajstić information content (AvgIpc) is 3.06. The molecule has 0 spiro atoms. The number of carbonyl (C=O) groups excluding carboxylic acids is 1. The van der Waals surface area contributed by atoms with Crippen molar-refractivity contribution in [1.29, 1.82) is 0 Å². The second-order valence-corrected chi connectivity index (χ2v) is 5.68. The van der Waals surface area contributed by atoms with E-state index in [1.165, 1.54) is 4.57 Å². The first-order valence-electron chi connectivity index (χ1n) is 7.24. The molecule has 2 aromatic rings. The molecule has 3 N–H and O–H groups in total. The second-order valence-electron chi connectivity index (χ2n) is 5.68. The van der Waals surface area contributed by atoms with Crippen molar-refractivity contribution >= 4 is 22.9 Å². The fourth-order valence-corrected chi connectivity index (χ4v) is 3.08. The molecule has 3 rings (SSSR count). The number of hydrogen-bond donors (Lipinski definition) is 3. The minimum atomic E-state index is -1.19. The number of benzene rings is 1. The first-order valence-corrected chi connectivity index (χ1v) is 7.24. The molecule has 0 unspecified atom stereocenters. The molecule has 0 atom stereocenters. The Morgan fingerprint density at radius 2 is 1.95 bits per heavy atom. The number of fused-ring (bicyclic) bond motifs is 1. The van der Waals surface area contributed by atoms with Gasteiger partial charge in [-0.3, -0.25) is 9.36 Å². The highest BCUT2D eigenvalue weighted by Crippen LogP contribution is 2.29. The molecule has 116 valence electrons. The van der Waals surface area contributed by atoms with E-state index in [1.807, 2.05) is 0 Å². The Morgan fingerprint density at radius 3 is 2.64 bits per heavy atom. The van der Waals surface area contributed by atoms with Gasteiger partial charge < -0.3 is 15.4 Å². The summed E-state index contributed by atoms with van der Waals surface area (Å²) >= 11 is 0. The molecule has 1 heterocycles. The number of aromatic amines is 1. The fraction of sp³-hybridized carbons (Fsp3) is 0.400. The van der Waals surface area contributed by atoms with Gasteiger partial charge in [-0.1, -0.05) is 25.0 Å². The summed E-state index contributed by atoms with van der Waals surface area (Å²) in [4.78, 5) is 38.3. The van der Waals surface area contributed by atoms with E-state index in [4.69, 9.17) is 0 Å². The molecule has 1 fully saturated rings. The Kier molecular flexibility index (Phi) is 3.48. The van der Waals surface area contributed by atoms with Crippen molar-refractivity contribution in [3.8, 4) is 0 Å². The summed E-state index contributed by atoms with van der Waals surface area (Å²) in [6.07, 6.45) is 2.41. The number of H-pyrrole nitrogens is 1. The molecule has 7 nitrogen and oxygen atoms in total. The van der Waals surface area contributed by atoms with Gasteiger partial charge in [0.2, 0.25) is 5.91 Å². The molecular formula is C15H17N3O4. The van der Waals surface area contributed by atoms with E-state index in [0.717, 1.165) is 12.8 Å². The predicted octanol–water partition coefficient (Wildman–Crippen LogP) is 0.843. The van der Waals surface area contributed by atoms with E-state index in [9.17, 15) is 19.5 Å². The molecule has 7 heteroatoms. The van der Waals surface area contributed by atoms with Crippen LogP contribution in [0.1, 0.15) is 25.7 Å². The van der Waals surface area contributed by atoms with Crippen molar-refractivity contribution in [2.24, 2.45) is 0 Å². The van der Waals surface area contributed by atoms with Crippen LogP contribution in [0.25, 0.3) is 11.0 Å². The quantitative estimate of drug-likeness (QED) is 0.778. The third kappa shape index (κ3) is 2.38. The van der Waals surface area contributed by atoms with E-state index in [2.05, 4.69) is 10.3 Å². The van der Waals surface area contributed by atoms with Crippen LogP contribution in [0, 0.1) is 0 Å². The number of carboxylic acid groups (broad SMARTS) is 1. The third-order valence-corrected chi connectivity index (χ3v) is 4.23. The Bertz CT molecular complexity index is 783. The van der Waals surface area contributed by atoms with Crippen LogP contribution in [0.2, 0.25) is 0 Å². The largest absolute Gasteiger partial charge is 0.480 e. The van der Waals surface area contributed by atoms with E-state index < -0.39 is 17.4 Å². The van der Waals surface area contributed by atoms with Crippen LogP contribution in [0.4, 0.5) is 0 Å². The lowest BCUT2D eigenvalue weighted by Gasteiger charge is -2.25. The highest BCUT2D eigenvalue weighted by Gasteiger charge is 2.42. The van der Waals surface area contributed by atoms with Gasteiger partial charge >= 0.3 is 11.7 Å². The maximum atomic E-state index is 12.2. The first kappa shape index (κ1) is 14.4. The molecule has 22 heavy (non-hydrogen) atoms. The van der Waals surface area contributed by atoms with Gasteiger partial charge in [0.1, 0.15) is 12.1 Å². The number of carbonyl (C=O) groups is 2. The molecule has 1 aromatic heterocycles. The molecule has 0 radical (unpaired) electrons. The van der Waals surface area contributed by atoms with Gasteiger partial charge in [0.05, 0.1) is 11.0 Å². The monoisotopic (exact) mass is 303 g/mol. The Balaban J connectivity index is 1.83. The van der Waals surface area contributed by atoms with Crippen molar-refractivity contribution < 1.29 is 14.7 Å². The number of para-hydroxylation sites is 2. The molecule has 0 bridgehead atoms. The summed E-state index contributed by atoms with van der Waals surface area (Å²) in [6, 6.07) is 7.06. The smallest absolute Gasteiger partial charge is 0.329 e. The summed E-state index contributed by atoms with van der Waals surface area (Å²) in [5, 5.41) is 12.0. The molecule has 1 amide bonds. The van der Waals surface area contributed by atoms with Crippen molar-refractivity contribution in [1.82, 2.24) is 14.9 Å². The molecule has 1 aromatic carbocycles. The van der Waals surface area contributed by atoms with Crippen LogP contribution in [0.5, 0.6) is 0 Å². The topological polar surface area (TPSA) is 104 Å². The van der Waals surface area contributed by atoms with Crippen molar-refractivity contribution in [2.75, 3.05) is 0 Å². The van der Waals surface area contributed by atoms with Gasteiger partial charge in [0, 0.05) is 0 Å². The minimum absolute atomic E-state index is 0.197. The second kappa shape index (κ2) is 5.32. The van der Waals surface area contributed by atoms with Crippen molar-refractivity contribution in [3.05, 3.63) is 34.7 Å². The first-order chi connectivity index (χ1) is 10.5. The Morgan fingerprint density at radius 1 is 1.27 bits per heavy atom. The predicted molar refractivity (Wildman–Crippen MR) is 79.5 cm³/mol. The van der Waals surface area contributed by atoms with Crippen LogP contribution in [0.15, 0.2) is 29.1 Å². The lowest BCUT2D eigenvalue weighted by atomic mass is 9.98. The maximum Gasteiger partial charge on any atom is 0.329 e. The van der Waals surface area contributed by atoms with Crippen molar-refractivity contribution in [2.45, 2.75) is 37.8 Å². The van der Waals surface area contributed by atoms with E-state index in [-0.39, 0.29) is 12.2 Å². The van der Waals surface area contributed by atoms with Crippen LogP contribution in [-0.4, -0.2) is 32.1 Å². The number of aromatic nitrogens is 2. The molecular weight excluding hydrogens is 286 g/mol. The van der Waals surface area contributed by atoms with Crippen LogP contribution < -0.4 is 11.0 Å². The van der Waals surface area contributed by atoms with E-state index in [0.29, 0.717) is 23.9 Å². The molecule has 0 aliphatic heterocycles. The minimum Gasteiger partial charge on any atom is -0.480 e. The molecule has 1 aliphatic carbocycles. The van der Waals surface area contributed by atoms with Crippen molar-refractivity contribution in [3.63, 3.8) is 0 Å². The lowest BCUT2D eigenvalue weighted by molar-refractivity contribution is -0.147. The zero-order valence-electron chi connectivity index (χ0n) is 12.0. The van der Waals surface area contributed by atoms with Crippen LogP contribution >= 0.6 is 0 Å². The number of imidazole rings is 1. The number of amides is 1. The molecule has 1 aliphatic rings. The van der Waals surface area contributed by atoms with Gasteiger partial charge in [0.25, 0.3) is 0 Å². The lowest BCUT2D eigenvalue weighted by Crippen LogP contribution is -2.53. The van der Waals surface area contributed by atoms with Crippen LogP contribution in [-0.2, 0) is 16.1 Å². The van der Waals surface area contributed by atoms with Crippen LogP contribution in [0.3, 0.4) is 0 Å². The molecule has 1 saturated carbocycles. The fourth-order valence-electron chi connectivity index (χ4n) is 3.08. The average molecular weight is 303 g/mol. The van der Waals surface area contributed by atoms with E-state index in [1.54, 1.807) is 24.3 Å². The SMILES string of the molecule is O=C(Cn1c(=O)[nH]c2ccccc21)NC1(C(=O)O)CCCC1. The Labute approximate surface area is 125 Å². The summed E-state index contributed by atoms with van der Waals surface area (Å²) in [7, 11) is 0. The third-order valence-electron chi connectivity index (χ3n) is 4.23. The van der Waals surface area contributed by atoms with E-state index >= 15 is 0 Å². The summed E-state index contributed by atoms with van der Waals surface area (Å²) in [6.45, 7) is -0.197. The number of hydrogen-bond acceptors (Lipinski definition) is 3. The maximum absolute atomic E-state index is 12.2. The van der Waals surface area contributed by atoms with Gasteiger partial charge in [-0.2, -0.15) is 0 Å². The Hall–Kier alpha value is -2.57. The number of nitrogens with one attached hydrogen (secondary N) is 2. The zero-order chi connectivity index (χ0) is 15.7. The molecule has 0 saturated heterocycles. The van der Waals surface area contributed by atoms with Gasteiger partial charge in [-0.05, 0) is 25.0 Å². The highest BCUT2D eigenvalue weighted by molar-refractivity contribution is 5.88. The summed E-state index contributed by atoms with van der Waals surface area (Å²) < 4.78 is 1.31. The number of rotatable bonds is 4. The van der Waals surface area contributed by atoms with Gasteiger partial charge in [0.15, 0.2) is 0 Å². The number of aliphatic carboxylic acids is 1. The summed E-state index contributed by atoms with van der Waals surface area (Å²) in [5.74, 6) is -1.47. The number of carboxylic acids is 1.